The molecule has 1 aromatic carbocycles. The van der Waals surface area contributed by atoms with Gasteiger partial charge in [-0.25, -0.2) is 10.2 Å². The minimum atomic E-state index is 0.424. The van der Waals surface area contributed by atoms with Gasteiger partial charge in [0.2, 0.25) is 0 Å². The molecule has 2 rings (SSSR count). The van der Waals surface area contributed by atoms with Crippen LogP contribution in [0, 0.1) is 0 Å². The molecule has 1 aromatic heterocycles. The molecule has 2 aromatic rings. The molecule has 78 valence electrons. The Balaban J connectivity index is 2.28. The molecule has 1 heterocycles. The van der Waals surface area contributed by atoms with E-state index in [0.29, 0.717) is 11.7 Å². The molecular weight excluding hydrogens is 214 g/mol. The fourth-order valence-corrected chi connectivity index (χ4v) is 1.52. The van der Waals surface area contributed by atoms with E-state index in [4.69, 9.17) is 16.8 Å². The van der Waals surface area contributed by atoms with E-state index < -0.39 is 0 Å². The maximum Gasteiger partial charge on any atom is 0.132 e. The van der Waals surface area contributed by atoms with Gasteiger partial charge in [-0.3, -0.25) is 0 Å². The van der Waals surface area contributed by atoms with Gasteiger partial charge < -0.3 is 5.21 Å². The van der Waals surface area contributed by atoms with Gasteiger partial charge in [0.15, 0.2) is 0 Å². The van der Waals surface area contributed by atoms with Gasteiger partial charge in [0.1, 0.15) is 5.15 Å². The van der Waals surface area contributed by atoms with Crippen LogP contribution in [0.15, 0.2) is 36.5 Å². The number of hydrogen-bond acceptors (Lipinski definition) is 3. The molecule has 0 amide bonds. The highest BCUT2D eigenvalue weighted by Gasteiger charge is 2.01. The summed E-state index contributed by atoms with van der Waals surface area (Å²) in [4.78, 5) is 0. The zero-order valence-corrected chi connectivity index (χ0v) is 8.65. The van der Waals surface area contributed by atoms with Crippen molar-refractivity contribution >= 4 is 11.6 Å². The normalized spacial score (nSPS) is 10.5. The molecule has 0 aliphatic carbocycles. The molecule has 0 radical (unpaired) electrons. The van der Waals surface area contributed by atoms with Crippen molar-refractivity contribution in [3.8, 4) is 5.69 Å². The monoisotopic (exact) mass is 223 g/mol. The average molecular weight is 224 g/mol. The summed E-state index contributed by atoms with van der Waals surface area (Å²) in [6, 6.07) is 9.31. The Bertz CT molecular complexity index is 438. The fraction of sp³-hybridized carbons (Fsp3) is 0.100. The molecule has 0 spiro atoms. The zero-order valence-electron chi connectivity index (χ0n) is 7.89. The van der Waals surface area contributed by atoms with Crippen LogP contribution in [-0.4, -0.2) is 15.0 Å². The Morgan fingerprint density at radius 3 is 2.53 bits per heavy atom. The van der Waals surface area contributed by atoms with Crippen molar-refractivity contribution in [2.75, 3.05) is 0 Å². The van der Waals surface area contributed by atoms with Crippen molar-refractivity contribution in [3.63, 3.8) is 0 Å². The Labute approximate surface area is 92.1 Å². The maximum absolute atomic E-state index is 8.53. The number of aromatic nitrogens is 2. The summed E-state index contributed by atoms with van der Waals surface area (Å²) in [6.45, 7) is 0.424. The first kappa shape index (κ1) is 10.2. The molecule has 5 heteroatoms. The number of hydrogen-bond donors (Lipinski definition) is 2. The molecule has 0 saturated heterocycles. The molecule has 0 fully saturated rings. The van der Waals surface area contributed by atoms with Crippen molar-refractivity contribution in [2.24, 2.45) is 0 Å². The van der Waals surface area contributed by atoms with Crippen LogP contribution >= 0.6 is 11.6 Å². The molecule has 2 N–H and O–H groups in total. The van der Waals surface area contributed by atoms with Crippen molar-refractivity contribution in [1.82, 2.24) is 15.3 Å². The lowest BCUT2D eigenvalue weighted by molar-refractivity contribution is 0.161. The van der Waals surface area contributed by atoms with E-state index in [1.807, 2.05) is 24.3 Å². The minimum absolute atomic E-state index is 0.424. The Morgan fingerprint density at radius 1 is 1.27 bits per heavy atom. The molecule has 0 aliphatic heterocycles. The van der Waals surface area contributed by atoms with E-state index >= 15 is 0 Å². The number of nitrogens with zero attached hydrogens (tertiary/aromatic N) is 2. The largest absolute Gasteiger partial charge is 0.316 e. The van der Waals surface area contributed by atoms with E-state index in [0.717, 1.165) is 11.3 Å². The van der Waals surface area contributed by atoms with E-state index in [1.54, 1.807) is 16.9 Å². The quantitative estimate of drug-likeness (QED) is 0.783. The van der Waals surface area contributed by atoms with Gasteiger partial charge in [-0.15, -0.1) is 0 Å². The summed E-state index contributed by atoms with van der Waals surface area (Å²) in [5.74, 6) is 0. The smallest absolute Gasteiger partial charge is 0.132 e. The number of hydroxylamine groups is 1. The maximum atomic E-state index is 8.53. The molecule has 0 bridgehead atoms. The standard InChI is InChI=1S/C10H10ClN3O/c11-10-5-6-12-14(10)9-3-1-8(2-4-9)7-13-15/h1-6,13,15H,7H2. The van der Waals surface area contributed by atoms with Gasteiger partial charge >= 0.3 is 0 Å². The molecule has 0 aliphatic rings. The number of rotatable bonds is 3. The topological polar surface area (TPSA) is 50.1 Å². The van der Waals surface area contributed by atoms with Crippen LogP contribution in [0.3, 0.4) is 0 Å². The minimum Gasteiger partial charge on any atom is -0.316 e. The third-order valence-electron chi connectivity index (χ3n) is 2.06. The highest BCUT2D eigenvalue weighted by atomic mass is 35.5. The molecule has 15 heavy (non-hydrogen) atoms. The van der Waals surface area contributed by atoms with Gasteiger partial charge in [0, 0.05) is 6.54 Å². The number of nitrogens with one attached hydrogen (secondary N) is 1. The van der Waals surface area contributed by atoms with Crippen molar-refractivity contribution < 1.29 is 5.21 Å². The predicted octanol–water partition coefficient (Wildman–Crippen LogP) is 2.00. The van der Waals surface area contributed by atoms with E-state index in [9.17, 15) is 0 Å². The highest BCUT2D eigenvalue weighted by Crippen LogP contribution is 2.15. The van der Waals surface area contributed by atoms with Crippen LogP contribution in [0.4, 0.5) is 0 Å². The van der Waals surface area contributed by atoms with Crippen LogP contribution in [0.5, 0.6) is 0 Å². The first-order chi connectivity index (χ1) is 7.31. The molecule has 4 nitrogen and oxygen atoms in total. The summed E-state index contributed by atoms with van der Waals surface area (Å²) in [5.41, 5.74) is 3.99. The summed E-state index contributed by atoms with van der Waals surface area (Å²) >= 11 is 5.92. The second kappa shape index (κ2) is 4.44. The lowest BCUT2D eigenvalue weighted by atomic mass is 10.2. The van der Waals surface area contributed by atoms with Gasteiger partial charge in [-0.2, -0.15) is 5.10 Å². The summed E-state index contributed by atoms with van der Waals surface area (Å²) < 4.78 is 1.64. The van der Waals surface area contributed by atoms with Gasteiger partial charge in [0.05, 0.1) is 11.9 Å². The lowest BCUT2D eigenvalue weighted by Gasteiger charge is -2.04. The molecule has 0 saturated carbocycles. The van der Waals surface area contributed by atoms with Crippen LogP contribution in [0.25, 0.3) is 5.69 Å². The van der Waals surface area contributed by atoms with E-state index in [-0.39, 0.29) is 0 Å². The van der Waals surface area contributed by atoms with Crippen molar-refractivity contribution in [1.29, 1.82) is 0 Å². The van der Waals surface area contributed by atoms with Gasteiger partial charge in [0.25, 0.3) is 0 Å². The SMILES string of the molecule is ONCc1ccc(-n2nccc2Cl)cc1. The predicted molar refractivity (Wildman–Crippen MR) is 57.2 cm³/mol. The Kier molecular flexibility index (Phi) is 3.01. The molecular formula is C10H10ClN3O. The second-order valence-electron chi connectivity index (χ2n) is 3.07. The molecule has 0 unspecified atom stereocenters. The third-order valence-corrected chi connectivity index (χ3v) is 2.35. The molecule has 0 atom stereocenters. The van der Waals surface area contributed by atoms with Gasteiger partial charge in [-0.05, 0) is 23.8 Å². The summed E-state index contributed by atoms with van der Waals surface area (Å²) in [5, 5.41) is 13.2. The van der Waals surface area contributed by atoms with Crippen molar-refractivity contribution in [2.45, 2.75) is 6.54 Å². The van der Waals surface area contributed by atoms with E-state index in [1.165, 1.54) is 0 Å². The van der Waals surface area contributed by atoms with Gasteiger partial charge in [-0.1, -0.05) is 23.7 Å². The van der Waals surface area contributed by atoms with Crippen molar-refractivity contribution in [3.05, 3.63) is 47.2 Å². The second-order valence-corrected chi connectivity index (χ2v) is 3.45. The summed E-state index contributed by atoms with van der Waals surface area (Å²) in [7, 11) is 0. The Morgan fingerprint density at radius 2 is 2.00 bits per heavy atom. The first-order valence-corrected chi connectivity index (χ1v) is 4.85. The third kappa shape index (κ3) is 2.18. The van der Waals surface area contributed by atoms with Crippen LogP contribution in [0.1, 0.15) is 5.56 Å². The van der Waals surface area contributed by atoms with Crippen LogP contribution in [0.2, 0.25) is 5.15 Å². The summed E-state index contributed by atoms with van der Waals surface area (Å²) in [6.07, 6.45) is 1.64. The number of halogens is 1. The van der Waals surface area contributed by atoms with Crippen LogP contribution in [-0.2, 0) is 6.54 Å². The fourth-order valence-electron chi connectivity index (χ4n) is 1.32. The number of benzene rings is 1. The average Bonchev–Trinajstić information content (AvgIpc) is 2.66. The van der Waals surface area contributed by atoms with Crippen LogP contribution < -0.4 is 5.48 Å². The Hall–Kier alpha value is -1.36. The zero-order chi connectivity index (χ0) is 10.7. The lowest BCUT2D eigenvalue weighted by Crippen LogP contribution is -2.06. The van der Waals surface area contributed by atoms with E-state index in [2.05, 4.69) is 10.6 Å². The first-order valence-electron chi connectivity index (χ1n) is 4.47. The highest BCUT2D eigenvalue weighted by molar-refractivity contribution is 6.29.